The van der Waals surface area contributed by atoms with Gasteiger partial charge in [-0.25, -0.2) is 4.90 Å². The van der Waals surface area contributed by atoms with E-state index in [1.54, 1.807) is 0 Å². The molecule has 0 atom stereocenters. The Balaban J connectivity index is 2.07. The van der Waals surface area contributed by atoms with Crippen LogP contribution in [0.1, 0.15) is 0 Å². The number of halogens is 3. The van der Waals surface area contributed by atoms with Gasteiger partial charge in [-0.3, -0.25) is 9.59 Å². The predicted molar refractivity (Wildman–Crippen MR) is 59.6 cm³/mol. The third-order valence-electron chi connectivity index (χ3n) is 2.31. The van der Waals surface area contributed by atoms with Gasteiger partial charge in [0, 0.05) is 12.2 Å². The van der Waals surface area contributed by atoms with Crippen molar-refractivity contribution < 1.29 is 27.5 Å². The van der Waals surface area contributed by atoms with Crippen molar-refractivity contribution in [1.82, 2.24) is 0 Å². The second-order valence-electron chi connectivity index (χ2n) is 3.74. The summed E-state index contributed by atoms with van der Waals surface area (Å²) in [5.74, 6) is -0.976. The van der Waals surface area contributed by atoms with E-state index < -0.39 is 24.6 Å². The summed E-state index contributed by atoms with van der Waals surface area (Å²) >= 11 is 0. The van der Waals surface area contributed by atoms with E-state index in [1.807, 2.05) is 0 Å². The van der Waals surface area contributed by atoms with Gasteiger partial charge in [0.2, 0.25) is 0 Å². The first-order chi connectivity index (χ1) is 8.87. The molecule has 100 valence electrons. The Bertz CT molecular complexity index is 516. The van der Waals surface area contributed by atoms with E-state index in [-0.39, 0.29) is 11.4 Å². The molecule has 2 amide bonds. The lowest BCUT2D eigenvalue weighted by molar-refractivity contribution is -0.153. The lowest BCUT2D eigenvalue weighted by Gasteiger charge is -2.14. The van der Waals surface area contributed by atoms with Gasteiger partial charge >= 0.3 is 6.18 Å². The number of hydrogen-bond acceptors (Lipinski definition) is 3. The third kappa shape index (κ3) is 3.12. The summed E-state index contributed by atoms with van der Waals surface area (Å²) in [5, 5.41) is 0. The van der Waals surface area contributed by atoms with Crippen LogP contribution in [0.3, 0.4) is 0 Å². The van der Waals surface area contributed by atoms with Crippen molar-refractivity contribution in [2.24, 2.45) is 0 Å². The fourth-order valence-corrected chi connectivity index (χ4v) is 1.51. The van der Waals surface area contributed by atoms with E-state index in [0.717, 1.165) is 17.1 Å². The molecule has 0 fully saturated rings. The Hall–Kier alpha value is -2.31. The summed E-state index contributed by atoms with van der Waals surface area (Å²) < 4.78 is 40.3. The van der Waals surface area contributed by atoms with Crippen molar-refractivity contribution in [3.63, 3.8) is 0 Å². The van der Waals surface area contributed by atoms with Gasteiger partial charge in [-0.1, -0.05) is 0 Å². The molecule has 4 nitrogen and oxygen atoms in total. The lowest BCUT2D eigenvalue weighted by atomic mass is 10.3. The first-order valence-electron chi connectivity index (χ1n) is 5.22. The minimum absolute atomic E-state index is 0.00753. The lowest BCUT2D eigenvalue weighted by Crippen LogP contribution is -2.29. The molecule has 2 rings (SSSR count). The molecule has 0 saturated carbocycles. The Labute approximate surface area is 106 Å². The van der Waals surface area contributed by atoms with Crippen LogP contribution < -0.4 is 9.64 Å². The molecule has 0 N–H and O–H groups in total. The maximum atomic E-state index is 11.9. The summed E-state index contributed by atoms with van der Waals surface area (Å²) in [6.07, 6.45) is -2.17. The Morgan fingerprint density at radius 1 is 1.00 bits per heavy atom. The van der Waals surface area contributed by atoms with Crippen LogP contribution in [0.5, 0.6) is 5.75 Å². The zero-order valence-corrected chi connectivity index (χ0v) is 9.48. The summed E-state index contributed by atoms with van der Waals surface area (Å²) in [7, 11) is 0. The van der Waals surface area contributed by atoms with E-state index in [4.69, 9.17) is 0 Å². The van der Waals surface area contributed by atoms with E-state index in [0.29, 0.717) is 0 Å². The van der Waals surface area contributed by atoms with E-state index in [1.165, 1.54) is 24.3 Å². The highest BCUT2D eigenvalue weighted by atomic mass is 19.4. The molecule has 0 aliphatic carbocycles. The van der Waals surface area contributed by atoms with Gasteiger partial charge in [0.25, 0.3) is 11.8 Å². The molecular formula is C12H8F3NO3. The van der Waals surface area contributed by atoms with Gasteiger partial charge < -0.3 is 4.74 Å². The monoisotopic (exact) mass is 271 g/mol. The molecule has 0 radical (unpaired) electrons. The molecular weight excluding hydrogens is 263 g/mol. The van der Waals surface area contributed by atoms with Crippen LogP contribution in [-0.2, 0) is 9.59 Å². The van der Waals surface area contributed by atoms with Crippen molar-refractivity contribution in [2.75, 3.05) is 11.5 Å². The average molecular weight is 271 g/mol. The molecule has 1 aromatic carbocycles. The molecule has 1 heterocycles. The quantitative estimate of drug-likeness (QED) is 0.790. The highest BCUT2D eigenvalue weighted by Gasteiger charge is 2.28. The van der Waals surface area contributed by atoms with Crippen molar-refractivity contribution >= 4 is 17.5 Å². The fraction of sp³-hybridized carbons (Fsp3) is 0.167. The minimum Gasteiger partial charge on any atom is -0.484 e. The van der Waals surface area contributed by atoms with Gasteiger partial charge in [0.15, 0.2) is 6.61 Å². The molecule has 1 aliphatic heterocycles. The summed E-state index contributed by atoms with van der Waals surface area (Å²) in [5.41, 5.74) is 0.277. The average Bonchev–Trinajstić information content (AvgIpc) is 2.67. The minimum atomic E-state index is -4.41. The largest absolute Gasteiger partial charge is 0.484 e. The van der Waals surface area contributed by atoms with Gasteiger partial charge in [-0.2, -0.15) is 13.2 Å². The maximum Gasteiger partial charge on any atom is 0.422 e. The number of carbonyl (C=O) groups excluding carboxylic acids is 2. The maximum absolute atomic E-state index is 11.9. The van der Waals surface area contributed by atoms with Crippen LogP contribution in [0.2, 0.25) is 0 Å². The second-order valence-corrected chi connectivity index (χ2v) is 3.74. The van der Waals surface area contributed by atoms with Gasteiger partial charge in [-0.15, -0.1) is 0 Å². The normalized spacial score (nSPS) is 15.2. The topological polar surface area (TPSA) is 46.6 Å². The zero-order chi connectivity index (χ0) is 14.0. The molecule has 1 aliphatic rings. The predicted octanol–water partition coefficient (Wildman–Crippen LogP) is 2.06. The first-order valence-corrected chi connectivity index (χ1v) is 5.22. The Morgan fingerprint density at radius 3 is 2.00 bits per heavy atom. The number of imide groups is 1. The Kier molecular flexibility index (Phi) is 3.28. The van der Waals surface area contributed by atoms with Crippen LogP contribution in [0.25, 0.3) is 0 Å². The number of anilines is 1. The standard InChI is InChI=1S/C12H8F3NO3/c13-12(14,15)7-19-9-3-1-8(2-4-9)16-10(17)5-6-11(16)18/h1-6H,7H2. The van der Waals surface area contributed by atoms with Crippen molar-refractivity contribution in [1.29, 1.82) is 0 Å². The molecule has 0 saturated heterocycles. The second kappa shape index (κ2) is 4.75. The van der Waals surface area contributed by atoms with Gasteiger partial charge in [0.1, 0.15) is 5.75 Å². The number of ether oxygens (including phenoxy) is 1. The third-order valence-corrected chi connectivity index (χ3v) is 2.31. The van der Waals surface area contributed by atoms with Crippen LogP contribution >= 0.6 is 0 Å². The number of nitrogens with zero attached hydrogens (tertiary/aromatic N) is 1. The SMILES string of the molecule is O=C1C=CC(=O)N1c1ccc(OCC(F)(F)F)cc1. The molecule has 0 unspecified atom stereocenters. The summed E-state index contributed by atoms with van der Waals surface area (Å²) in [4.78, 5) is 23.6. The van der Waals surface area contributed by atoms with Crippen molar-refractivity contribution in [3.8, 4) is 5.75 Å². The highest BCUT2D eigenvalue weighted by Crippen LogP contribution is 2.23. The number of hydrogen-bond donors (Lipinski definition) is 0. The van der Waals surface area contributed by atoms with Crippen molar-refractivity contribution in [3.05, 3.63) is 36.4 Å². The van der Waals surface area contributed by atoms with E-state index >= 15 is 0 Å². The van der Waals surface area contributed by atoms with Gasteiger partial charge in [-0.05, 0) is 24.3 Å². The molecule has 7 heteroatoms. The molecule has 0 bridgehead atoms. The zero-order valence-electron chi connectivity index (χ0n) is 9.48. The number of amides is 2. The van der Waals surface area contributed by atoms with Crippen LogP contribution in [0.4, 0.5) is 18.9 Å². The summed E-state index contributed by atoms with van der Waals surface area (Å²) in [6.45, 7) is -1.39. The van der Waals surface area contributed by atoms with Crippen molar-refractivity contribution in [2.45, 2.75) is 6.18 Å². The Morgan fingerprint density at radius 2 is 1.53 bits per heavy atom. The highest BCUT2D eigenvalue weighted by molar-refractivity contribution is 6.28. The number of rotatable bonds is 3. The first kappa shape index (κ1) is 13.1. The number of carbonyl (C=O) groups is 2. The van der Waals surface area contributed by atoms with Crippen LogP contribution in [0.15, 0.2) is 36.4 Å². The smallest absolute Gasteiger partial charge is 0.422 e. The van der Waals surface area contributed by atoms with Crippen LogP contribution in [0, 0.1) is 0 Å². The number of benzene rings is 1. The number of alkyl halides is 3. The van der Waals surface area contributed by atoms with E-state index in [9.17, 15) is 22.8 Å². The molecule has 0 spiro atoms. The molecule has 0 aromatic heterocycles. The molecule has 19 heavy (non-hydrogen) atoms. The fourth-order valence-electron chi connectivity index (χ4n) is 1.51. The van der Waals surface area contributed by atoms with E-state index in [2.05, 4.69) is 4.74 Å². The van der Waals surface area contributed by atoms with Gasteiger partial charge in [0.05, 0.1) is 5.69 Å². The van der Waals surface area contributed by atoms with Crippen LogP contribution in [-0.4, -0.2) is 24.6 Å². The molecule has 1 aromatic rings. The summed E-state index contributed by atoms with van der Waals surface area (Å²) in [6, 6.07) is 5.21.